The third-order valence-corrected chi connectivity index (χ3v) is 2.42. The SMILES string of the molecule is COCc1cc(COc2ccc(C)c(F)c2)no1. The fourth-order valence-electron chi connectivity index (χ4n) is 1.45. The molecule has 5 heteroatoms. The molecule has 0 fully saturated rings. The summed E-state index contributed by atoms with van der Waals surface area (Å²) in [5.41, 5.74) is 1.23. The number of methoxy groups -OCH3 is 1. The molecule has 18 heavy (non-hydrogen) atoms. The molecule has 2 aromatic rings. The van der Waals surface area contributed by atoms with Crippen LogP contribution in [-0.4, -0.2) is 12.3 Å². The highest BCUT2D eigenvalue weighted by Gasteiger charge is 2.05. The van der Waals surface area contributed by atoms with E-state index >= 15 is 0 Å². The van der Waals surface area contributed by atoms with Gasteiger partial charge in [-0.15, -0.1) is 0 Å². The van der Waals surface area contributed by atoms with Crippen molar-refractivity contribution in [3.63, 3.8) is 0 Å². The molecule has 96 valence electrons. The zero-order valence-corrected chi connectivity index (χ0v) is 10.3. The molecule has 0 aliphatic rings. The van der Waals surface area contributed by atoms with Crippen molar-refractivity contribution in [2.24, 2.45) is 0 Å². The van der Waals surface area contributed by atoms with Crippen molar-refractivity contribution < 1.29 is 18.4 Å². The van der Waals surface area contributed by atoms with Crippen LogP contribution in [0, 0.1) is 12.7 Å². The molecule has 0 saturated heterocycles. The molecule has 1 heterocycles. The molecule has 0 aliphatic heterocycles. The third kappa shape index (κ3) is 3.07. The fraction of sp³-hybridized carbons (Fsp3) is 0.308. The molecule has 1 aromatic carbocycles. The van der Waals surface area contributed by atoms with Crippen LogP contribution in [0.4, 0.5) is 4.39 Å². The van der Waals surface area contributed by atoms with Gasteiger partial charge in [0.1, 0.15) is 30.5 Å². The number of aryl methyl sites for hydroxylation is 1. The predicted molar refractivity (Wildman–Crippen MR) is 62.7 cm³/mol. The van der Waals surface area contributed by atoms with Gasteiger partial charge in [-0.05, 0) is 18.6 Å². The Morgan fingerprint density at radius 3 is 2.83 bits per heavy atom. The Morgan fingerprint density at radius 1 is 1.28 bits per heavy atom. The maximum Gasteiger partial charge on any atom is 0.162 e. The van der Waals surface area contributed by atoms with Gasteiger partial charge in [0.2, 0.25) is 0 Å². The lowest BCUT2D eigenvalue weighted by molar-refractivity contribution is 0.155. The molecular weight excluding hydrogens is 237 g/mol. The predicted octanol–water partition coefficient (Wildman–Crippen LogP) is 2.85. The van der Waals surface area contributed by atoms with Crippen molar-refractivity contribution in [1.29, 1.82) is 0 Å². The number of halogens is 1. The molecule has 1 aromatic heterocycles. The Hall–Kier alpha value is -1.88. The maximum atomic E-state index is 13.3. The number of aromatic nitrogens is 1. The van der Waals surface area contributed by atoms with Crippen molar-refractivity contribution in [2.45, 2.75) is 20.1 Å². The standard InChI is InChI=1S/C13H14FNO3/c1-9-3-4-11(6-13(9)14)17-7-10-5-12(8-16-2)18-15-10/h3-6H,7-8H2,1-2H3. The maximum absolute atomic E-state index is 13.3. The summed E-state index contributed by atoms with van der Waals surface area (Å²) >= 11 is 0. The Labute approximate surface area is 104 Å². The van der Waals surface area contributed by atoms with Crippen LogP contribution < -0.4 is 4.74 Å². The first-order valence-corrected chi connectivity index (χ1v) is 5.51. The van der Waals surface area contributed by atoms with E-state index < -0.39 is 0 Å². The summed E-state index contributed by atoms with van der Waals surface area (Å²) in [6, 6.07) is 6.48. The number of rotatable bonds is 5. The fourth-order valence-corrected chi connectivity index (χ4v) is 1.45. The van der Waals surface area contributed by atoms with Gasteiger partial charge in [-0.1, -0.05) is 11.2 Å². The van der Waals surface area contributed by atoms with Gasteiger partial charge in [0.25, 0.3) is 0 Å². The van der Waals surface area contributed by atoms with Crippen LogP contribution in [-0.2, 0) is 18.0 Å². The minimum atomic E-state index is -0.285. The number of benzene rings is 1. The lowest BCUT2D eigenvalue weighted by Gasteiger charge is -2.04. The van der Waals surface area contributed by atoms with Gasteiger partial charge in [0.15, 0.2) is 5.76 Å². The topological polar surface area (TPSA) is 44.5 Å². The highest BCUT2D eigenvalue weighted by atomic mass is 19.1. The van der Waals surface area contributed by atoms with E-state index in [4.69, 9.17) is 14.0 Å². The van der Waals surface area contributed by atoms with E-state index in [1.807, 2.05) is 0 Å². The van der Waals surface area contributed by atoms with Gasteiger partial charge in [-0.2, -0.15) is 0 Å². The second-order valence-corrected chi connectivity index (χ2v) is 3.92. The van der Waals surface area contributed by atoms with Gasteiger partial charge in [-0.25, -0.2) is 4.39 Å². The highest BCUT2D eigenvalue weighted by molar-refractivity contribution is 5.28. The van der Waals surface area contributed by atoms with Gasteiger partial charge >= 0.3 is 0 Å². The van der Waals surface area contributed by atoms with Crippen LogP contribution in [0.2, 0.25) is 0 Å². The summed E-state index contributed by atoms with van der Waals surface area (Å²) < 4.78 is 28.6. The monoisotopic (exact) mass is 251 g/mol. The average Bonchev–Trinajstić information content (AvgIpc) is 2.79. The molecular formula is C13H14FNO3. The first kappa shape index (κ1) is 12.6. The van der Waals surface area contributed by atoms with E-state index in [-0.39, 0.29) is 12.4 Å². The third-order valence-electron chi connectivity index (χ3n) is 2.42. The van der Waals surface area contributed by atoms with E-state index in [2.05, 4.69) is 5.16 Å². The molecule has 0 bridgehead atoms. The minimum Gasteiger partial charge on any atom is -0.487 e. The molecule has 2 rings (SSSR count). The van der Waals surface area contributed by atoms with E-state index in [0.717, 1.165) is 0 Å². The number of ether oxygens (including phenoxy) is 2. The van der Waals surface area contributed by atoms with Crippen molar-refractivity contribution in [1.82, 2.24) is 5.16 Å². The van der Waals surface area contributed by atoms with Crippen LogP contribution in [0.15, 0.2) is 28.8 Å². The molecule has 0 N–H and O–H groups in total. The summed E-state index contributed by atoms with van der Waals surface area (Å²) in [7, 11) is 1.58. The van der Waals surface area contributed by atoms with Crippen LogP contribution in [0.3, 0.4) is 0 Å². The number of hydrogen-bond acceptors (Lipinski definition) is 4. The van der Waals surface area contributed by atoms with Crippen LogP contribution >= 0.6 is 0 Å². The average molecular weight is 251 g/mol. The Bertz CT molecular complexity index is 525. The Balaban J connectivity index is 1.95. The second kappa shape index (κ2) is 5.64. The van der Waals surface area contributed by atoms with Gasteiger partial charge in [0.05, 0.1) is 0 Å². The normalized spacial score (nSPS) is 10.6. The highest BCUT2D eigenvalue weighted by Crippen LogP contribution is 2.17. The lowest BCUT2D eigenvalue weighted by Crippen LogP contribution is -1.96. The Kier molecular flexibility index (Phi) is 3.94. The summed E-state index contributed by atoms with van der Waals surface area (Å²) in [4.78, 5) is 0. The molecule has 0 spiro atoms. The van der Waals surface area contributed by atoms with E-state index in [1.165, 1.54) is 6.07 Å². The zero-order valence-electron chi connectivity index (χ0n) is 10.3. The molecule has 0 radical (unpaired) electrons. The number of nitrogens with zero attached hydrogens (tertiary/aromatic N) is 1. The molecule has 0 amide bonds. The molecule has 0 aliphatic carbocycles. The summed E-state index contributed by atoms with van der Waals surface area (Å²) in [5, 5.41) is 3.82. The first-order valence-electron chi connectivity index (χ1n) is 5.51. The quantitative estimate of drug-likeness (QED) is 0.819. The summed E-state index contributed by atoms with van der Waals surface area (Å²) in [6.45, 7) is 2.30. The van der Waals surface area contributed by atoms with E-state index in [0.29, 0.717) is 29.4 Å². The number of hydrogen-bond donors (Lipinski definition) is 0. The van der Waals surface area contributed by atoms with Crippen molar-refractivity contribution in [3.8, 4) is 5.75 Å². The lowest BCUT2D eigenvalue weighted by atomic mass is 10.2. The van der Waals surface area contributed by atoms with Crippen LogP contribution in [0.1, 0.15) is 17.0 Å². The summed E-state index contributed by atoms with van der Waals surface area (Å²) in [6.07, 6.45) is 0. The zero-order chi connectivity index (χ0) is 13.0. The van der Waals surface area contributed by atoms with Gasteiger partial charge in [-0.3, -0.25) is 0 Å². The van der Waals surface area contributed by atoms with Crippen molar-refractivity contribution >= 4 is 0 Å². The van der Waals surface area contributed by atoms with E-state index in [9.17, 15) is 4.39 Å². The first-order chi connectivity index (χ1) is 8.69. The largest absolute Gasteiger partial charge is 0.487 e. The van der Waals surface area contributed by atoms with Gasteiger partial charge in [0, 0.05) is 19.2 Å². The molecule has 0 saturated carbocycles. The van der Waals surface area contributed by atoms with Crippen LogP contribution in [0.5, 0.6) is 5.75 Å². The molecule has 0 unspecified atom stereocenters. The minimum absolute atomic E-state index is 0.232. The summed E-state index contributed by atoms with van der Waals surface area (Å²) in [5.74, 6) is 0.813. The van der Waals surface area contributed by atoms with Crippen molar-refractivity contribution in [2.75, 3.05) is 7.11 Å². The smallest absolute Gasteiger partial charge is 0.162 e. The van der Waals surface area contributed by atoms with Crippen molar-refractivity contribution in [3.05, 3.63) is 47.1 Å². The van der Waals surface area contributed by atoms with Gasteiger partial charge < -0.3 is 14.0 Å². The Morgan fingerprint density at radius 2 is 2.11 bits per heavy atom. The molecule has 4 nitrogen and oxygen atoms in total. The van der Waals surface area contributed by atoms with E-state index in [1.54, 1.807) is 32.2 Å². The molecule has 0 atom stereocenters. The second-order valence-electron chi connectivity index (χ2n) is 3.92. The van der Waals surface area contributed by atoms with Crippen LogP contribution in [0.25, 0.3) is 0 Å².